The van der Waals surface area contributed by atoms with E-state index in [9.17, 15) is 23.4 Å². The molecule has 4 rings (SSSR count). The van der Waals surface area contributed by atoms with Crippen molar-refractivity contribution in [3.05, 3.63) is 89.1 Å². The summed E-state index contributed by atoms with van der Waals surface area (Å²) in [5.41, 5.74) is 3.86. The molecule has 11 heteroatoms. The van der Waals surface area contributed by atoms with Crippen LogP contribution in [0.1, 0.15) is 40.2 Å². The van der Waals surface area contributed by atoms with Gasteiger partial charge in [-0.25, -0.2) is 8.42 Å². The fourth-order valence-corrected chi connectivity index (χ4v) is 4.91. The maximum atomic E-state index is 12.7. The van der Waals surface area contributed by atoms with Crippen LogP contribution in [0.4, 0.5) is 5.69 Å². The third-order valence-corrected chi connectivity index (χ3v) is 7.03. The van der Waals surface area contributed by atoms with Crippen molar-refractivity contribution < 1.29 is 28.2 Å². The molecule has 0 radical (unpaired) electrons. The number of ether oxygens (including phenoxy) is 1. The summed E-state index contributed by atoms with van der Waals surface area (Å²) >= 11 is 0. The molecule has 0 saturated carbocycles. The lowest BCUT2D eigenvalue weighted by molar-refractivity contribution is 0.0946. The summed E-state index contributed by atoms with van der Waals surface area (Å²) in [7, 11) is -1.96. The topological polar surface area (TPSA) is 153 Å². The van der Waals surface area contributed by atoms with Crippen molar-refractivity contribution in [3.63, 3.8) is 0 Å². The highest BCUT2D eigenvalue weighted by molar-refractivity contribution is 7.92. The fourth-order valence-electron chi connectivity index (χ4n) is 4.35. The van der Waals surface area contributed by atoms with Gasteiger partial charge in [0.1, 0.15) is 17.2 Å². The van der Waals surface area contributed by atoms with E-state index < -0.39 is 16.1 Å². The van der Waals surface area contributed by atoms with Crippen LogP contribution in [-0.2, 0) is 23.0 Å². The van der Waals surface area contributed by atoms with Gasteiger partial charge in [-0.1, -0.05) is 24.3 Å². The molecule has 0 aliphatic carbocycles. The molecule has 10 nitrogen and oxygen atoms in total. The number of hydrogen-bond acceptors (Lipinski definition) is 7. The standard InChI is InChI=1S/C29H34N4O6S/c1-18(30-17-28(35)21-7-11-27(34)25(14-21)33-40(3,37)38)12-20-6-10-24-22(13-20)15-26(32-24)29(36)31-16-19-4-8-23(39-2)9-5-19/h4-11,13-15,18,28,30,32-35H,12,16-17H2,1-3H3,(H,31,36)/t18-,28+/m1/s1. The number of fused-ring (bicyclic) bond motifs is 1. The number of aliphatic hydroxyl groups excluding tert-OH is 1. The zero-order valence-electron chi connectivity index (χ0n) is 22.6. The largest absolute Gasteiger partial charge is 0.506 e. The van der Waals surface area contributed by atoms with Crippen molar-refractivity contribution in [3.8, 4) is 11.5 Å². The number of aliphatic hydroxyl groups is 1. The molecule has 1 aromatic heterocycles. The Morgan fingerprint density at radius 1 is 1.02 bits per heavy atom. The SMILES string of the molecule is COc1ccc(CNC(=O)c2cc3cc(C[C@@H](C)NC[C@H](O)c4ccc(O)c(NS(C)(=O)=O)c4)ccc3[nH]2)cc1. The number of aromatic amines is 1. The average Bonchev–Trinajstić information content (AvgIpc) is 3.35. The van der Waals surface area contributed by atoms with Crippen LogP contribution in [0, 0.1) is 0 Å². The number of aromatic hydroxyl groups is 1. The lowest BCUT2D eigenvalue weighted by Gasteiger charge is -2.18. The summed E-state index contributed by atoms with van der Waals surface area (Å²) in [5, 5.41) is 27.7. The molecule has 0 unspecified atom stereocenters. The molecule has 0 aliphatic rings. The Balaban J connectivity index is 1.32. The second kappa shape index (κ2) is 12.4. The van der Waals surface area contributed by atoms with Crippen LogP contribution in [0.2, 0.25) is 0 Å². The molecule has 1 amide bonds. The van der Waals surface area contributed by atoms with Crippen molar-refractivity contribution >= 4 is 32.5 Å². The Labute approximate surface area is 233 Å². The maximum Gasteiger partial charge on any atom is 0.267 e. The van der Waals surface area contributed by atoms with Gasteiger partial charge in [0.2, 0.25) is 10.0 Å². The number of phenolic OH excluding ortho intramolecular Hbond substituents is 1. The van der Waals surface area contributed by atoms with Gasteiger partial charge in [0.15, 0.2) is 0 Å². The number of amides is 1. The van der Waals surface area contributed by atoms with Gasteiger partial charge in [0.05, 0.1) is 25.2 Å². The molecule has 212 valence electrons. The Bertz CT molecular complexity index is 1580. The second-order valence-electron chi connectivity index (χ2n) is 9.82. The highest BCUT2D eigenvalue weighted by Gasteiger charge is 2.15. The highest BCUT2D eigenvalue weighted by Crippen LogP contribution is 2.28. The van der Waals surface area contributed by atoms with E-state index in [0.717, 1.165) is 34.0 Å². The van der Waals surface area contributed by atoms with Crippen molar-refractivity contribution in [2.45, 2.75) is 32.0 Å². The van der Waals surface area contributed by atoms with Crippen molar-refractivity contribution in [1.29, 1.82) is 0 Å². The molecule has 2 atom stereocenters. The van der Waals surface area contributed by atoms with Gasteiger partial charge < -0.3 is 30.6 Å². The van der Waals surface area contributed by atoms with Crippen LogP contribution in [0.3, 0.4) is 0 Å². The van der Waals surface area contributed by atoms with Crippen LogP contribution in [0.25, 0.3) is 10.9 Å². The zero-order valence-corrected chi connectivity index (χ0v) is 23.4. The van der Waals surface area contributed by atoms with Crippen molar-refractivity contribution in [2.24, 2.45) is 0 Å². The lowest BCUT2D eigenvalue weighted by Crippen LogP contribution is -2.32. The number of phenols is 1. The zero-order chi connectivity index (χ0) is 28.9. The van der Waals surface area contributed by atoms with Crippen LogP contribution in [0.5, 0.6) is 11.5 Å². The van der Waals surface area contributed by atoms with Gasteiger partial charge in [-0.3, -0.25) is 9.52 Å². The molecule has 6 N–H and O–H groups in total. The van der Waals surface area contributed by atoms with Crippen LogP contribution >= 0.6 is 0 Å². The van der Waals surface area contributed by atoms with E-state index in [1.807, 2.05) is 55.5 Å². The summed E-state index contributed by atoms with van der Waals surface area (Å²) < 4.78 is 30.4. The summed E-state index contributed by atoms with van der Waals surface area (Å²) in [6.45, 7) is 2.63. The third-order valence-electron chi connectivity index (χ3n) is 6.44. The first-order valence-electron chi connectivity index (χ1n) is 12.8. The molecule has 4 aromatic rings. The van der Waals surface area contributed by atoms with E-state index in [0.29, 0.717) is 24.2 Å². The number of carbonyl (C=O) groups is 1. The Morgan fingerprint density at radius 2 is 1.75 bits per heavy atom. The number of benzene rings is 3. The lowest BCUT2D eigenvalue weighted by atomic mass is 10.0. The van der Waals surface area contributed by atoms with Gasteiger partial charge in [0.25, 0.3) is 5.91 Å². The second-order valence-corrected chi connectivity index (χ2v) is 11.6. The molecule has 0 aliphatic heterocycles. The van der Waals surface area contributed by atoms with Gasteiger partial charge >= 0.3 is 0 Å². The van der Waals surface area contributed by atoms with E-state index in [4.69, 9.17) is 4.74 Å². The Kier molecular flexibility index (Phi) is 8.98. The first-order valence-corrected chi connectivity index (χ1v) is 14.6. The minimum atomic E-state index is -3.57. The van der Waals surface area contributed by atoms with Crippen LogP contribution in [-0.4, -0.2) is 55.5 Å². The van der Waals surface area contributed by atoms with E-state index in [1.165, 1.54) is 12.1 Å². The summed E-state index contributed by atoms with van der Waals surface area (Å²) in [6, 6.07) is 19.6. The number of rotatable bonds is 12. The minimum Gasteiger partial charge on any atom is -0.506 e. The summed E-state index contributed by atoms with van der Waals surface area (Å²) in [6.07, 6.45) is 0.765. The van der Waals surface area contributed by atoms with E-state index in [-0.39, 0.29) is 29.9 Å². The predicted octanol–water partition coefficient (Wildman–Crippen LogP) is 3.44. The predicted molar refractivity (Wildman–Crippen MR) is 155 cm³/mol. The van der Waals surface area contributed by atoms with Gasteiger partial charge in [-0.05, 0) is 72.5 Å². The van der Waals surface area contributed by atoms with Crippen molar-refractivity contribution in [2.75, 3.05) is 24.6 Å². The molecule has 0 spiro atoms. The molecule has 1 heterocycles. The Hall–Kier alpha value is -4.06. The molecule has 0 saturated heterocycles. The minimum absolute atomic E-state index is 0.0145. The fraction of sp³-hybridized carbons (Fsp3) is 0.276. The molecular weight excluding hydrogens is 532 g/mol. The van der Waals surface area contributed by atoms with Gasteiger partial charge in [0, 0.05) is 30.0 Å². The van der Waals surface area contributed by atoms with Gasteiger partial charge in [-0.15, -0.1) is 0 Å². The first kappa shape index (κ1) is 28.9. The number of methoxy groups -OCH3 is 1. The number of hydrogen-bond donors (Lipinski definition) is 6. The van der Waals surface area contributed by atoms with E-state index in [2.05, 4.69) is 20.3 Å². The molecule has 40 heavy (non-hydrogen) atoms. The quantitative estimate of drug-likeness (QED) is 0.144. The number of nitrogens with one attached hydrogen (secondary N) is 4. The third kappa shape index (κ3) is 7.75. The molecular formula is C29H34N4O6S. The number of H-pyrrole nitrogens is 1. The summed E-state index contributed by atoms with van der Waals surface area (Å²) in [5.74, 6) is 0.347. The number of sulfonamides is 1. The normalized spacial score (nSPS) is 13.1. The number of anilines is 1. The molecule has 0 fully saturated rings. The summed E-state index contributed by atoms with van der Waals surface area (Å²) in [4.78, 5) is 15.9. The molecule has 0 bridgehead atoms. The number of carbonyl (C=O) groups excluding carboxylic acids is 1. The number of aromatic nitrogens is 1. The van der Waals surface area contributed by atoms with Crippen LogP contribution < -0.4 is 20.1 Å². The van der Waals surface area contributed by atoms with Crippen molar-refractivity contribution in [1.82, 2.24) is 15.6 Å². The highest BCUT2D eigenvalue weighted by atomic mass is 32.2. The van der Waals surface area contributed by atoms with Gasteiger partial charge in [-0.2, -0.15) is 0 Å². The van der Waals surface area contributed by atoms with E-state index in [1.54, 1.807) is 13.2 Å². The van der Waals surface area contributed by atoms with Crippen LogP contribution in [0.15, 0.2) is 66.7 Å². The smallest absolute Gasteiger partial charge is 0.267 e. The maximum absolute atomic E-state index is 12.7. The average molecular weight is 567 g/mol. The van der Waals surface area contributed by atoms with E-state index >= 15 is 0 Å². The molecule has 3 aromatic carbocycles. The first-order chi connectivity index (χ1) is 19.0. The Morgan fingerprint density at radius 3 is 2.45 bits per heavy atom. The monoisotopic (exact) mass is 566 g/mol.